The van der Waals surface area contributed by atoms with Gasteiger partial charge in [0.25, 0.3) is 0 Å². The lowest BCUT2D eigenvalue weighted by Gasteiger charge is -2.33. The molecule has 0 aromatic rings. The van der Waals surface area contributed by atoms with Gasteiger partial charge in [0.1, 0.15) is 0 Å². The molecule has 82 valence electrons. The Morgan fingerprint density at radius 2 is 1.79 bits per heavy atom. The van der Waals surface area contributed by atoms with Gasteiger partial charge in [-0.1, -0.05) is 33.1 Å². The molecule has 1 nitrogen and oxygen atoms in total. The second-order valence-electron chi connectivity index (χ2n) is 5.79. The minimum absolute atomic E-state index is 0.000283. The van der Waals surface area contributed by atoms with E-state index in [1.165, 1.54) is 44.9 Å². The van der Waals surface area contributed by atoms with Crippen molar-refractivity contribution < 1.29 is 5.11 Å². The van der Waals surface area contributed by atoms with Gasteiger partial charge in [-0.2, -0.15) is 0 Å². The van der Waals surface area contributed by atoms with Crippen molar-refractivity contribution in [2.24, 2.45) is 17.3 Å². The summed E-state index contributed by atoms with van der Waals surface area (Å²) in [5, 5.41) is 10.2. The summed E-state index contributed by atoms with van der Waals surface area (Å²) in [5.74, 6) is 1.57. The summed E-state index contributed by atoms with van der Waals surface area (Å²) in [5.41, 5.74) is 0.309. The third-order valence-corrected chi connectivity index (χ3v) is 4.67. The zero-order valence-electron chi connectivity index (χ0n) is 9.63. The van der Waals surface area contributed by atoms with E-state index in [4.69, 9.17) is 0 Å². The fourth-order valence-corrected chi connectivity index (χ4v) is 2.97. The number of aliphatic hydroxyl groups excluding tert-OH is 1. The predicted octanol–water partition coefficient (Wildman–Crippen LogP) is 3.36. The largest absolute Gasteiger partial charge is 0.392 e. The molecule has 2 aliphatic rings. The first-order valence-corrected chi connectivity index (χ1v) is 6.34. The standard InChI is InChI=1S/C13H24O/c1-3-10-4-6-11(7-5-10)12(14)13(2)8-9-13/h10-12,14H,3-9H2,1-2H3. The Balaban J connectivity index is 1.83. The van der Waals surface area contributed by atoms with E-state index in [9.17, 15) is 5.11 Å². The molecule has 0 saturated heterocycles. The van der Waals surface area contributed by atoms with Crippen molar-refractivity contribution in [2.45, 2.75) is 64.9 Å². The fraction of sp³-hybridized carbons (Fsp3) is 1.00. The molecule has 2 aliphatic carbocycles. The van der Waals surface area contributed by atoms with Crippen LogP contribution in [0.1, 0.15) is 58.8 Å². The van der Waals surface area contributed by atoms with Crippen molar-refractivity contribution in [3.05, 3.63) is 0 Å². The summed E-state index contributed by atoms with van der Waals surface area (Å²) in [7, 11) is 0. The summed E-state index contributed by atoms with van der Waals surface area (Å²) in [6, 6.07) is 0. The van der Waals surface area contributed by atoms with E-state index in [0.29, 0.717) is 11.3 Å². The van der Waals surface area contributed by atoms with Gasteiger partial charge < -0.3 is 5.11 Å². The molecule has 2 saturated carbocycles. The van der Waals surface area contributed by atoms with E-state index in [0.717, 1.165) is 5.92 Å². The van der Waals surface area contributed by atoms with E-state index >= 15 is 0 Å². The predicted molar refractivity (Wildman–Crippen MR) is 59.1 cm³/mol. The van der Waals surface area contributed by atoms with Crippen LogP contribution < -0.4 is 0 Å². The van der Waals surface area contributed by atoms with Crippen LogP contribution in [-0.2, 0) is 0 Å². The van der Waals surface area contributed by atoms with Crippen LogP contribution in [0.4, 0.5) is 0 Å². The van der Waals surface area contributed by atoms with Gasteiger partial charge in [0.2, 0.25) is 0 Å². The number of rotatable bonds is 3. The molecular weight excluding hydrogens is 172 g/mol. The third kappa shape index (κ3) is 1.98. The molecular formula is C13H24O. The molecule has 0 aromatic carbocycles. The maximum Gasteiger partial charge on any atom is 0.0621 e. The van der Waals surface area contributed by atoms with E-state index in [-0.39, 0.29) is 6.10 Å². The molecule has 1 atom stereocenters. The van der Waals surface area contributed by atoms with Gasteiger partial charge in [0, 0.05) is 0 Å². The van der Waals surface area contributed by atoms with Crippen molar-refractivity contribution in [1.82, 2.24) is 0 Å². The Bertz CT molecular complexity index is 187. The molecule has 1 unspecified atom stereocenters. The van der Waals surface area contributed by atoms with Crippen molar-refractivity contribution >= 4 is 0 Å². The second-order valence-corrected chi connectivity index (χ2v) is 5.79. The lowest BCUT2D eigenvalue weighted by atomic mass is 9.75. The molecule has 0 radical (unpaired) electrons. The van der Waals surface area contributed by atoms with Gasteiger partial charge in [-0.05, 0) is 42.9 Å². The summed E-state index contributed by atoms with van der Waals surface area (Å²) in [6.07, 6.45) is 9.09. The third-order valence-electron chi connectivity index (χ3n) is 4.67. The Labute approximate surface area is 87.9 Å². The van der Waals surface area contributed by atoms with E-state index < -0.39 is 0 Å². The first kappa shape index (κ1) is 10.5. The Kier molecular flexibility index (Phi) is 2.88. The molecule has 0 bridgehead atoms. The maximum atomic E-state index is 10.2. The van der Waals surface area contributed by atoms with Crippen LogP contribution in [0.5, 0.6) is 0 Å². The second kappa shape index (κ2) is 3.84. The molecule has 0 spiro atoms. The van der Waals surface area contributed by atoms with Gasteiger partial charge >= 0.3 is 0 Å². The lowest BCUT2D eigenvalue weighted by Crippen LogP contribution is -2.31. The van der Waals surface area contributed by atoms with Gasteiger partial charge in [-0.25, -0.2) is 0 Å². The summed E-state index contributed by atoms with van der Waals surface area (Å²) >= 11 is 0. The number of aliphatic hydroxyl groups is 1. The van der Waals surface area contributed by atoms with Crippen LogP contribution in [0.2, 0.25) is 0 Å². The number of hydrogen-bond acceptors (Lipinski definition) is 1. The van der Waals surface area contributed by atoms with Crippen LogP contribution in [0, 0.1) is 17.3 Å². The smallest absolute Gasteiger partial charge is 0.0621 e. The minimum Gasteiger partial charge on any atom is -0.392 e. The molecule has 0 aromatic heterocycles. The highest BCUT2D eigenvalue weighted by Gasteiger charge is 2.47. The average Bonchev–Trinajstić information content (AvgIpc) is 2.97. The van der Waals surface area contributed by atoms with Crippen LogP contribution in [0.3, 0.4) is 0 Å². The molecule has 0 heterocycles. The highest BCUT2D eigenvalue weighted by molar-refractivity contribution is 4.98. The van der Waals surface area contributed by atoms with Gasteiger partial charge in [-0.15, -0.1) is 0 Å². The Morgan fingerprint density at radius 3 is 2.21 bits per heavy atom. The van der Waals surface area contributed by atoms with Crippen LogP contribution in [-0.4, -0.2) is 11.2 Å². The van der Waals surface area contributed by atoms with Crippen molar-refractivity contribution in [1.29, 1.82) is 0 Å². The zero-order chi connectivity index (χ0) is 10.2. The van der Waals surface area contributed by atoms with Gasteiger partial charge in [0.15, 0.2) is 0 Å². The van der Waals surface area contributed by atoms with Crippen molar-refractivity contribution in [3.8, 4) is 0 Å². The molecule has 0 amide bonds. The lowest BCUT2D eigenvalue weighted by molar-refractivity contribution is 0.0209. The van der Waals surface area contributed by atoms with Crippen LogP contribution in [0.15, 0.2) is 0 Å². The SMILES string of the molecule is CCC1CCC(C(O)C2(C)CC2)CC1. The monoisotopic (exact) mass is 196 g/mol. The van der Waals surface area contributed by atoms with Crippen LogP contribution >= 0.6 is 0 Å². The Hall–Kier alpha value is -0.0400. The fourth-order valence-electron chi connectivity index (χ4n) is 2.97. The van der Waals surface area contributed by atoms with Crippen molar-refractivity contribution in [2.75, 3.05) is 0 Å². The molecule has 2 fully saturated rings. The van der Waals surface area contributed by atoms with E-state index in [2.05, 4.69) is 13.8 Å². The molecule has 1 heteroatoms. The van der Waals surface area contributed by atoms with Crippen molar-refractivity contribution in [3.63, 3.8) is 0 Å². The molecule has 1 N–H and O–H groups in total. The molecule has 0 aliphatic heterocycles. The quantitative estimate of drug-likeness (QED) is 0.734. The number of hydrogen-bond donors (Lipinski definition) is 1. The first-order chi connectivity index (χ1) is 6.65. The highest BCUT2D eigenvalue weighted by atomic mass is 16.3. The zero-order valence-corrected chi connectivity index (χ0v) is 9.63. The average molecular weight is 196 g/mol. The normalized spacial score (nSPS) is 37.9. The highest BCUT2D eigenvalue weighted by Crippen LogP contribution is 2.52. The topological polar surface area (TPSA) is 20.2 Å². The summed E-state index contributed by atoms with van der Waals surface area (Å²) < 4.78 is 0. The summed E-state index contributed by atoms with van der Waals surface area (Å²) in [6.45, 7) is 4.55. The molecule has 2 rings (SSSR count). The molecule has 14 heavy (non-hydrogen) atoms. The summed E-state index contributed by atoms with van der Waals surface area (Å²) in [4.78, 5) is 0. The Morgan fingerprint density at radius 1 is 1.21 bits per heavy atom. The first-order valence-electron chi connectivity index (χ1n) is 6.34. The van der Waals surface area contributed by atoms with Gasteiger partial charge in [-0.3, -0.25) is 0 Å². The van der Waals surface area contributed by atoms with E-state index in [1.807, 2.05) is 0 Å². The van der Waals surface area contributed by atoms with Crippen LogP contribution in [0.25, 0.3) is 0 Å². The maximum absolute atomic E-state index is 10.2. The van der Waals surface area contributed by atoms with Gasteiger partial charge in [0.05, 0.1) is 6.10 Å². The minimum atomic E-state index is 0.000283. The van der Waals surface area contributed by atoms with E-state index in [1.54, 1.807) is 0 Å².